The molecule has 1 rings (SSSR count). The van der Waals surface area contributed by atoms with E-state index in [0.29, 0.717) is 5.41 Å². The predicted molar refractivity (Wildman–Crippen MR) is 45.4 cm³/mol. The van der Waals surface area contributed by atoms with Crippen LogP contribution in [-0.4, -0.2) is 16.1 Å². The first-order valence-corrected chi connectivity index (χ1v) is 5.31. The maximum Gasteiger partial charge on any atom is 0.112 e. The lowest BCUT2D eigenvalue weighted by atomic mass is 9.86. The first-order valence-electron chi connectivity index (χ1n) is 3.82. The molecule has 0 aromatic heterocycles. The van der Waals surface area contributed by atoms with Gasteiger partial charge in [0.1, 0.15) is 11.5 Å². The molecular weight excluding hydrogens is 144 g/mol. The van der Waals surface area contributed by atoms with Crippen LogP contribution in [0.2, 0.25) is 0 Å². The van der Waals surface area contributed by atoms with Gasteiger partial charge in [-0.3, -0.25) is 0 Å². The number of hydrogen-bond acceptors (Lipinski definition) is 1. The maximum atomic E-state index is 10.7. The molecule has 1 nitrogen and oxygen atoms in total. The zero-order chi connectivity index (χ0) is 7.78. The SMILES string of the molecule is CC(C)(C)C[C@H]1C[S@+]([O-])C1. The van der Waals surface area contributed by atoms with Gasteiger partial charge in [0.25, 0.3) is 0 Å². The summed E-state index contributed by atoms with van der Waals surface area (Å²) in [7, 11) is 0. The minimum Gasteiger partial charge on any atom is -0.616 e. The lowest BCUT2D eigenvalue weighted by molar-refractivity contribution is 0.310. The number of hydrogen-bond donors (Lipinski definition) is 0. The van der Waals surface area contributed by atoms with E-state index in [2.05, 4.69) is 20.8 Å². The lowest BCUT2D eigenvalue weighted by Crippen LogP contribution is -2.38. The Morgan fingerprint density at radius 2 is 1.90 bits per heavy atom. The van der Waals surface area contributed by atoms with Gasteiger partial charge in [0.15, 0.2) is 0 Å². The zero-order valence-electron chi connectivity index (χ0n) is 7.02. The molecule has 0 amide bonds. The van der Waals surface area contributed by atoms with Crippen LogP contribution < -0.4 is 0 Å². The molecule has 0 saturated carbocycles. The van der Waals surface area contributed by atoms with Crippen LogP contribution in [0.5, 0.6) is 0 Å². The van der Waals surface area contributed by atoms with Gasteiger partial charge in [0.05, 0.1) is 0 Å². The van der Waals surface area contributed by atoms with Crippen LogP contribution in [0.1, 0.15) is 27.2 Å². The molecule has 1 saturated heterocycles. The van der Waals surface area contributed by atoms with Crippen molar-refractivity contribution in [3.63, 3.8) is 0 Å². The molecule has 0 aliphatic carbocycles. The van der Waals surface area contributed by atoms with Crippen LogP contribution in [0.15, 0.2) is 0 Å². The van der Waals surface area contributed by atoms with E-state index >= 15 is 0 Å². The average molecular weight is 160 g/mol. The van der Waals surface area contributed by atoms with Crippen molar-refractivity contribution in [2.24, 2.45) is 11.3 Å². The molecule has 0 unspecified atom stereocenters. The van der Waals surface area contributed by atoms with E-state index in [1.807, 2.05) is 0 Å². The molecule has 1 heterocycles. The van der Waals surface area contributed by atoms with Crippen LogP contribution in [0.4, 0.5) is 0 Å². The number of rotatable bonds is 1. The standard InChI is InChI=1S/C8H16OS/c1-8(2,3)4-7-5-10(9)6-7/h7H,4-6H2,1-3H3/t7-,10-. The van der Waals surface area contributed by atoms with E-state index in [0.717, 1.165) is 17.4 Å². The Bertz CT molecular complexity index is 111. The molecular formula is C8H16OS. The van der Waals surface area contributed by atoms with E-state index in [1.54, 1.807) is 0 Å². The maximum absolute atomic E-state index is 10.7. The van der Waals surface area contributed by atoms with Gasteiger partial charge in [-0.15, -0.1) is 0 Å². The van der Waals surface area contributed by atoms with Crippen LogP contribution >= 0.6 is 0 Å². The second-order valence-electron chi connectivity index (χ2n) is 4.40. The molecule has 1 aliphatic rings. The van der Waals surface area contributed by atoms with Crippen molar-refractivity contribution in [3.05, 3.63) is 0 Å². The van der Waals surface area contributed by atoms with Crippen molar-refractivity contribution in [1.82, 2.24) is 0 Å². The highest BCUT2D eigenvalue weighted by atomic mass is 32.2. The molecule has 0 spiro atoms. The van der Waals surface area contributed by atoms with Crippen molar-refractivity contribution in [2.75, 3.05) is 11.5 Å². The van der Waals surface area contributed by atoms with E-state index in [4.69, 9.17) is 0 Å². The van der Waals surface area contributed by atoms with Crippen LogP contribution in [0.3, 0.4) is 0 Å². The van der Waals surface area contributed by atoms with Crippen molar-refractivity contribution in [1.29, 1.82) is 0 Å². The van der Waals surface area contributed by atoms with Gasteiger partial charge in [-0.05, 0) is 11.8 Å². The Morgan fingerprint density at radius 3 is 2.20 bits per heavy atom. The second-order valence-corrected chi connectivity index (χ2v) is 5.95. The molecule has 0 N–H and O–H groups in total. The Balaban J connectivity index is 2.16. The van der Waals surface area contributed by atoms with Gasteiger partial charge in [-0.1, -0.05) is 31.9 Å². The van der Waals surface area contributed by atoms with Crippen molar-refractivity contribution < 1.29 is 4.55 Å². The first-order chi connectivity index (χ1) is 4.47. The average Bonchev–Trinajstić information content (AvgIpc) is 1.57. The van der Waals surface area contributed by atoms with Gasteiger partial charge in [0, 0.05) is 5.92 Å². The van der Waals surface area contributed by atoms with Crippen LogP contribution in [0, 0.1) is 11.3 Å². The molecule has 0 aromatic carbocycles. The first kappa shape index (κ1) is 8.41. The summed E-state index contributed by atoms with van der Waals surface area (Å²) in [5.41, 5.74) is 0.426. The van der Waals surface area contributed by atoms with E-state index in [9.17, 15) is 4.55 Å². The molecule has 1 aliphatic heterocycles. The fourth-order valence-corrected chi connectivity index (χ4v) is 2.65. The van der Waals surface area contributed by atoms with Crippen LogP contribution in [0.25, 0.3) is 0 Å². The summed E-state index contributed by atoms with van der Waals surface area (Å²) >= 11 is -0.457. The van der Waals surface area contributed by atoms with Crippen molar-refractivity contribution >= 4 is 11.2 Å². The third-order valence-electron chi connectivity index (χ3n) is 1.74. The summed E-state index contributed by atoms with van der Waals surface area (Å²) in [4.78, 5) is 0. The molecule has 2 heteroatoms. The highest BCUT2D eigenvalue weighted by Gasteiger charge is 2.34. The highest BCUT2D eigenvalue weighted by Crippen LogP contribution is 2.31. The molecule has 10 heavy (non-hydrogen) atoms. The summed E-state index contributed by atoms with van der Waals surface area (Å²) in [6.45, 7) is 6.73. The zero-order valence-corrected chi connectivity index (χ0v) is 7.83. The molecule has 0 aromatic rings. The Hall–Kier alpha value is 0.310. The van der Waals surface area contributed by atoms with E-state index in [-0.39, 0.29) is 0 Å². The molecule has 60 valence electrons. The summed E-state index contributed by atoms with van der Waals surface area (Å²) in [6, 6.07) is 0. The molecule has 0 bridgehead atoms. The third-order valence-corrected chi connectivity index (χ3v) is 3.43. The van der Waals surface area contributed by atoms with Crippen molar-refractivity contribution in [2.45, 2.75) is 27.2 Å². The smallest absolute Gasteiger partial charge is 0.112 e. The van der Waals surface area contributed by atoms with E-state index in [1.165, 1.54) is 6.42 Å². The largest absolute Gasteiger partial charge is 0.616 e. The van der Waals surface area contributed by atoms with Crippen molar-refractivity contribution in [3.8, 4) is 0 Å². The minimum absolute atomic E-state index is 0.426. The normalized spacial score (nSPS) is 33.6. The minimum atomic E-state index is -0.457. The fraction of sp³-hybridized carbons (Fsp3) is 1.00. The van der Waals surface area contributed by atoms with E-state index < -0.39 is 11.2 Å². The van der Waals surface area contributed by atoms with Gasteiger partial charge in [-0.2, -0.15) is 0 Å². The van der Waals surface area contributed by atoms with Gasteiger partial charge < -0.3 is 4.55 Å². The summed E-state index contributed by atoms with van der Waals surface area (Å²) in [5.74, 6) is 2.66. The highest BCUT2D eigenvalue weighted by molar-refractivity contribution is 7.92. The Labute approximate surface area is 66.4 Å². The molecule has 0 atom stereocenters. The second kappa shape index (κ2) is 2.74. The molecule has 1 fully saturated rings. The monoisotopic (exact) mass is 160 g/mol. The third kappa shape index (κ3) is 2.51. The van der Waals surface area contributed by atoms with Gasteiger partial charge in [-0.25, -0.2) is 0 Å². The quantitative estimate of drug-likeness (QED) is 0.536. The Morgan fingerprint density at radius 1 is 1.40 bits per heavy atom. The predicted octanol–water partition coefficient (Wildman–Crippen LogP) is 1.80. The summed E-state index contributed by atoms with van der Waals surface area (Å²) in [6.07, 6.45) is 1.23. The fourth-order valence-electron chi connectivity index (χ4n) is 1.46. The van der Waals surface area contributed by atoms with Gasteiger partial charge in [0.2, 0.25) is 0 Å². The van der Waals surface area contributed by atoms with Gasteiger partial charge >= 0.3 is 0 Å². The topological polar surface area (TPSA) is 23.1 Å². The van der Waals surface area contributed by atoms with Crippen LogP contribution in [-0.2, 0) is 11.2 Å². The lowest BCUT2D eigenvalue weighted by Gasteiger charge is -2.33. The Kier molecular flexibility index (Phi) is 2.31. The summed E-state index contributed by atoms with van der Waals surface area (Å²) in [5, 5.41) is 0. The summed E-state index contributed by atoms with van der Waals surface area (Å²) < 4.78 is 10.7. The molecule has 0 radical (unpaired) electrons.